The summed E-state index contributed by atoms with van der Waals surface area (Å²) in [4.78, 5) is 11.8. The van der Waals surface area contributed by atoms with E-state index in [1.807, 2.05) is 12.1 Å². The van der Waals surface area contributed by atoms with Crippen molar-refractivity contribution < 1.29 is 17.9 Å². The molecular formula is C18H21N5O4S2. The van der Waals surface area contributed by atoms with E-state index in [0.717, 1.165) is 16.1 Å². The number of aromatic nitrogens is 3. The lowest BCUT2D eigenvalue weighted by Gasteiger charge is -2.18. The molecule has 0 fully saturated rings. The van der Waals surface area contributed by atoms with Gasteiger partial charge in [0, 0.05) is 39.0 Å². The summed E-state index contributed by atoms with van der Waals surface area (Å²) in [5, 5.41) is 1.72. The second-order valence-corrected chi connectivity index (χ2v) is 9.33. The number of hydrogen-bond donors (Lipinski definition) is 2. The van der Waals surface area contributed by atoms with Gasteiger partial charge in [0.15, 0.2) is 6.29 Å². The van der Waals surface area contributed by atoms with Crippen molar-refractivity contribution in [3.63, 3.8) is 0 Å². The molecule has 3 aromatic rings. The van der Waals surface area contributed by atoms with Crippen molar-refractivity contribution in [1.29, 1.82) is 0 Å². The summed E-state index contributed by atoms with van der Waals surface area (Å²) in [6.45, 7) is 0.584. The number of rotatable bonds is 7. The Kier molecular flexibility index (Phi) is 5.38. The third kappa shape index (κ3) is 3.78. The number of imidazole rings is 1. The van der Waals surface area contributed by atoms with Crippen molar-refractivity contribution in [2.24, 2.45) is 12.0 Å². The molecule has 0 saturated carbocycles. The van der Waals surface area contributed by atoms with Gasteiger partial charge < -0.3 is 19.0 Å². The summed E-state index contributed by atoms with van der Waals surface area (Å²) in [6, 6.07) is 7.38. The molecule has 11 heteroatoms. The Bertz CT molecular complexity index is 1160. The third-order valence-corrected chi connectivity index (χ3v) is 7.20. The largest absolute Gasteiger partial charge is 0.355 e. The highest BCUT2D eigenvalue weighted by molar-refractivity contribution is 8.15. The molecule has 1 aliphatic heterocycles. The highest BCUT2D eigenvalue weighted by Crippen LogP contribution is 2.32. The summed E-state index contributed by atoms with van der Waals surface area (Å²) in [5.41, 5.74) is 1.95. The third-order valence-electron chi connectivity index (χ3n) is 4.59. The minimum atomic E-state index is -3.82. The number of nitrogens with zero attached hydrogens (tertiary/aromatic N) is 3. The van der Waals surface area contributed by atoms with Gasteiger partial charge in [-0.05, 0) is 12.1 Å². The molecule has 9 nitrogen and oxygen atoms in total. The van der Waals surface area contributed by atoms with Crippen LogP contribution in [-0.4, -0.2) is 60.3 Å². The standard InChI is InChI=1S/C18H21N5O4S2/c1-23-8-7-19-18(23)29(24,25)22-12-6-4-5-11-9-13(21-15(11)12)16-20-10-14(28-16)17(26-2)27-3/h4-9,14,17,21-22H,10H2,1-3H3. The van der Waals surface area contributed by atoms with Gasteiger partial charge in [-0.25, -0.2) is 4.98 Å². The second-order valence-electron chi connectivity index (χ2n) is 6.52. The van der Waals surface area contributed by atoms with Crippen molar-refractivity contribution in [2.75, 3.05) is 25.5 Å². The maximum Gasteiger partial charge on any atom is 0.295 e. The van der Waals surface area contributed by atoms with Crippen molar-refractivity contribution in [2.45, 2.75) is 16.7 Å². The topological polar surface area (TPSA) is 111 Å². The molecule has 0 radical (unpaired) electrons. The van der Waals surface area contributed by atoms with Crippen molar-refractivity contribution in [3.05, 3.63) is 42.4 Å². The molecule has 2 N–H and O–H groups in total. The molecule has 4 rings (SSSR count). The minimum Gasteiger partial charge on any atom is -0.355 e. The summed E-state index contributed by atoms with van der Waals surface area (Å²) in [6.07, 6.45) is 2.69. The number of methoxy groups -OCH3 is 2. The molecule has 1 atom stereocenters. The fourth-order valence-corrected chi connectivity index (χ4v) is 5.58. The van der Waals surface area contributed by atoms with Crippen molar-refractivity contribution >= 4 is 43.4 Å². The van der Waals surface area contributed by atoms with Crippen LogP contribution >= 0.6 is 11.8 Å². The average Bonchev–Trinajstić information content (AvgIpc) is 3.41. The number of aliphatic imine (C=N–C) groups is 1. The molecule has 0 saturated heterocycles. The molecule has 29 heavy (non-hydrogen) atoms. The maximum atomic E-state index is 12.7. The Morgan fingerprint density at radius 2 is 2.14 bits per heavy atom. The molecule has 2 aromatic heterocycles. The number of para-hydroxylation sites is 1. The van der Waals surface area contributed by atoms with Crippen LogP contribution in [0.15, 0.2) is 46.8 Å². The molecule has 0 bridgehead atoms. The van der Waals surface area contributed by atoms with E-state index in [1.54, 1.807) is 51.4 Å². The molecule has 1 unspecified atom stereocenters. The van der Waals surface area contributed by atoms with Gasteiger partial charge in [0.2, 0.25) is 5.16 Å². The predicted octanol–water partition coefficient (Wildman–Crippen LogP) is 2.18. The molecule has 154 valence electrons. The molecule has 1 aromatic carbocycles. The van der Waals surface area contributed by atoms with Crippen LogP contribution in [0.1, 0.15) is 5.69 Å². The van der Waals surface area contributed by atoms with E-state index in [4.69, 9.17) is 9.47 Å². The highest BCUT2D eigenvalue weighted by atomic mass is 32.2. The van der Waals surface area contributed by atoms with Crippen LogP contribution in [0, 0.1) is 0 Å². The molecule has 3 heterocycles. The lowest BCUT2D eigenvalue weighted by atomic mass is 10.2. The number of sulfonamides is 1. The Morgan fingerprint density at radius 1 is 1.34 bits per heavy atom. The number of H-pyrrole nitrogens is 1. The van der Waals surface area contributed by atoms with Gasteiger partial charge >= 0.3 is 0 Å². The quantitative estimate of drug-likeness (QED) is 0.551. The van der Waals surface area contributed by atoms with E-state index in [2.05, 4.69) is 19.7 Å². The Hall–Kier alpha value is -2.34. The van der Waals surface area contributed by atoms with Gasteiger partial charge in [0.05, 0.1) is 28.7 Å². The zero-order valence-corrected chi connectivity index (χ0v) is 17.8. The highest BCUT2D eigenvalue weighted by Gasteiger charge is 2.29. The van der Waals surface area contributed by atoms with Crippen LogP contribution in [0.3, 0.4) is 0 Å². The number of anilines is 1. The zero-order valence-electron chi connectivity index (χ0n) is 16.1. The Morgan fingerprint density at radius 3 is 2.83 bits per heavy atom. The van der Waals surface area contributed by atoms with Gasteiger partial charge in [-0.1, -0.05) is 23.9 Å². The van der Waals surface area contributed by atoms with E-state index in [1.165, 1.54) is 10.8 Å². The van der Waals surface area contributed by atoms with E-state index in [0.29, 0.717) is 17.7 Å². The first kappa shape index (κ1) is 20.0. The van der Waals surface area contributed by atoms with Gasteiger partial charge in [-0.2, -0.15) is 8.42 Å². The fraction of sp³-hybridized carbons (Fsp3) is 0.333. The first-order valence-electron chi connectivity index (χ1n) is 8.82. The van der Waals surface area contributed by atoms with E-state index in [-0.39, 0.29) is 16.7 Å². The number of aromatic amines is 1. The number of aryl methyl sites for hydroxylation is 1. The normalized spacial score (nSPS) is 17.2. The molecule has 0 spiro atoms. The first-order valence-corrected chi connectivity index (χ1v) is 11.2. The van der Waals surface area contributed by atoms with Crippen LogP contribution in [0.25, 0.3) is 10.9 Å². The summed E-state index contributed by atoms with van der Waals surface area (Å²) in [7, 11) is 1.03. The molecule has 0 aliphatic carbocycles. The average molecular weight is 436 g/mol. The number of thioether (sulfide) groups is 1. The molecule has 0 amide bonds. The smallest absolute Gasteiger partial charge is 0.295 e. The summed E-state index contributed by atoms with van der Waals surface area (Å²) < 4.78 is 40.2. The van der Waals surface area contributed by atoms with Gasteiger partial charge in [0.1, 0.15) is 5.04 Å². The van der Waals surface area contributed by atoms with E-state index < -0.39 is 10.0 Å². The molecule has 1 aliphatic rings. The number of ether oxygens (including phenoxy) is 2. The van der Waals surface area contributed by atoms with Gasteiger partial charge in [0.25, 0.3) is 10.0 Å². The maximum absolute atomic E-state index is 12.7. The lowest BCUT2D eigenvalue weighted by molar-refractivity contribution is -0.0994. The number of hydrogen-bond acceptors (Lipinski definition) is 7. The van der Waals surface area contributed by atoms with Crippen molar-refractivity contribution in [3.8, 4) is 0 Å². The molecular weight excluding hydrogens is 414 g/mol. The van der Waals surface area contributed by atoms with Crippen molar-refractivity contribution in [1.82, 2.24) is 14.5 Å². The number of nitrogens with one attached hydrogen (secondary N) is 2. The number of benzene rings is 1. The van der Waals surface area contributed by atoms with Crippen LogP contribution < -0.4 is 4.72 Å². The minimum absolute atomic E-state index is 0.0509. The predicted molar refractivity (Wildman–Crippen MR) is 113 cm³/mol. The monoisotopic (exact) mass is 435 g/mol. The Balaban J connectivity index is 1.63. The van der Waals surface area contributed by atoms with Crippen LogP contribution in [0.4, 0.5) is 5.69 Å². The van der Waals surface area contributed by atoms with E-state index in [9.17, 15) is 8.42 Å². The fourth-order valence-electron chi connectivity index (χ4n) is 3.24. The van der Waals surface area contributed by atoms with Gasteiger partial charge in [-0.15, -0.1) is 0 Å². The lowest BCUT2D eigenvalue weighted by Crippen LogP contribution is -2.28. The summed E-state index contributed by atoms with van der Waals surface area (Å²) in [5.74, 6) is 0. The van der Waals surface area contributed by atoms with E-state index >= 15 is 0 Å². The van der Waals surface area contributed by atoms with Crippen LogP contribution in [-0.2, 0) is 26.5 Å². The second kappa shape index (κ2) is 7.82. The summed E-state index contributed by atoms with van der Waals surface area (Å²) >= 11 is 1.57. The SMILES string of the molecule is COC(OC)C1CN=C(c2cc3cccc(NS(=O)(=O)c4nccn4C)c3[nH]2)S1. The zero-order chi connectivity index (χ0) is 20.6. The van der Waals surface area contributed by atoms with Crippen LogP contribution in [0.5, 0.6) is 0 Å². The number of fused-ring (bicyclic) bond motifs is 1. The van der Waals surface area contributed by atoms with Gasteiger partial charge in [-0.3, -0.25) is 9.71 Å². The van der Waals surface area contributed by atoms with Crippen LogP contribution in [0.2, 0.25) is 0 Å². The first-order chi connectivity index (χ1) is 13.9. The Labute approximate surface area is 172 Å².